The van der Waals surface area contributed by atoms with E-state index in [9.17, 15) is 14.8 Å². The van der Waals surface area contributed by atoms with Crippen LogP contribution < -0.4 is 9.64 Å². The van der Waals surface area contributed by atoms with Gasteiger partial charge in [-0.3, -0.25) is 9.69 Å². The molecule has 0 aromatic carbocycles. The minimum atomic E-state index is -0.922. The van der Waals surface area contributed by atoms with E-state index < -0.39 is 22.7 Å². The quantitative estimate of drug-likeness (QED) is 0.267. The number of likely N-dealkylation sites (N-methyl/N-ethyl adjacent to an activating group) is 1. The second kappa shape index (κ2) is 13.5. The van der Waals surface area contributed by atoms with Gasteiger partial charge in [0, 0.05) is 44.7 Å². The zero-order chi connectivity index (χ0) is 33.4. The van der Waals surface area contributed by atoms with Gasteiger partial charge in [0.15, 0.2) is 17.4 Å². The maximum absolute atomic E-state index is 14.6. The van der Waals surface area contributed by atoms with Gasteiger partial charge in [0.05, 0.1) is 24.5 Å². The lowest BCUT2D eigenvalue weighted by molar-refractivity contribution is -0.255. The third kappa shape index (κ3) is 6.67. The Balaban J connectivity index is 1.29. The second-order valence-corrected chi connectivity index (χ2v) is 14.9. The third-order valence-corrected chi connectivity index (χ3v) is 10.8. The SMILES string of the molecule is C[C@H](Oc1cc(N2CCN(C(=O)OC(C)(C)C)CC2)nc(/C(=N/O)C2CCC[C@@]3(CCCCC34OCCO4)C2=O)n1)[C@@H]1CCCN1C. The molecule has 2 aliphatic carbocycles. The molecule has 47 heavy (non-hydrogen) atoms. The first-order chi connectivity index (χ1) is 22.5. The van der Waals surface area contributed by atoms with Crippen molar-refractivity contribution in [2.75, 3.05) is 57.9 Å². The Morgan fingerprint density at radius 1 is 1.02 bits per heavy atom. The van der Waals surface area contributed by atoms with Crippen LogP contribution in [0.2, 0.25) is 0 Å². The summed E-state index contributed by atoms with van der Waals surface area (Å²) in [7, 11) is 2.11. The van der Waals surface area contributed by atoms with Gasteiger partial charge in [-0.1, -0.05) is 18.0 Å². The number of hydrogen-bond acceptors (Lipinski definition) is 12. The highest BCUT2D eigenvalue weighted by atomic mass is 16.7. The fourth-order valence-electron chi connectivity index (χ4n) is 8.44. The van der Waals surface area contributed by atoms with Gasteiger partial charge >= 0.3 is 6.09 Å². The normalized spacial score (nSPS) is 29.5. The molecule has 4 atom stereocenters. The largest absolute Gasteiger partial charge is 0.473 e. The van der Waals surface area contributed by atoms with Crippen LogP contribution in [0.15, 0.2) is 11.2 Å². The van der Waals surface area contributed by atoms with Crippen molar-refractivity contribution in [3.05, 3.63) is 11.9 Å². The summed E-state index contributed by atoms with van der Waals surface area (Å²) in [5.74, 6) is -0.506. The van der Waals surface area contributed by atoms with Crippen LogP contribution in [0.3, 0.4) is 0 Å². The zero-order valence-corrected chi connectivity index (χ0v) is 28.7. The summed E-state index contributed by atoms with van der Waals surface area (Å²) < 4.78 is 24.6. The van der Waals surface area contributed by atoms with E-state index in [4.69, 9.17) is 28.9 Å². The topological polar surface area (TPSA) is 139 Å². The number of rotatable bonds is 6. The van der Waals surface area contributed by atoms with Crippen LogP contribution in [0, 0.1) is 11.3 Å². The fraction of sp³-hybridized carbons (Fsp3) is 0.794. The van der Waals surface area contributed by atoms with E-state index in [1.165, 1.54) is 0 Å². The van der Waals surface area contributed by atoms with Crippen LogP contribution in [0.5, 0.6) is 5.88 Å². The summed E-state index contributed by atoms with van der Waals surface area (Å²) >= 11 is 0. The second-order valence-electron chi connectivity index (χ2n) is 14.9. The summed E-state index contributed by atoms with van der Waals surface area (Å²) in [4.78, 5) is 43.1. The number of nitrogens with zero attached hydrogens (tertiary/aromatic N) is 6. The molecule has 4 heterocycles. The molecule has 5 aliphatic rings. The lowest BCUT2D eigenvalue weighted by atomic mass is 9.57. The first-order valence-electron chi connectivity index (χ1n) is 17.5. The van der Waals surface area contributed by atoms with E-state index in [-0.39, 0.29) is 35.6 Å². The van der Waals surface area contributed by atoms with Crippen molar-refractivity contribution in [3.63, 3.8) is 0 Å². The van der Waals surface area contributed by atoms with Crippen molar-refractivity contribution in [1.82, 2.24) is 19.8 Å². The predicted molar refractivity (Wildman–Crippen MR) is 174 cm³/mol. The van der Waals surface area contributed by atoms with Crippen LogP contribution in [0.4, 0.5) is 10.6 Å². The van der Waals surface area contributed by atoms with Crippen molar-refractivity contribution in [2.24, 2.45) is 16.5 Å². The molecule has 1 N–H and O–H groups in total. The molecule has 260 valence electrons. The predicted octanol–water partition coefficient (Wildman–Crippen LogP) is 4.25. The number of carbonyl (C=O) groups excluding carboxylic acids is 2. The Morgan fingerprint density at radius 3 is 2.38 bits per heavy atom. The summed E-state index contributed by atoms with van der Waals surface area (Å²) in [5.41, 5.74) is -1.22. The molecule has 1 aromatic heterocycles. The summed E-state index contributed by atoms with van der Waals surface area (Å²) in [5, 5.41) is 14.3. The van der Waals surface area contributed by atoms with Crippen LogP contribution in [0.25, 0.3) is 0 Å². The number of piperazine rings is 1. The number of ether oxygens (including phenoxy) is 4. The molecule has 1 aromatic rings. The van der Waals surface area contributed by atoms with Gasteiger partial charge in [-0.05, 0) is 79.8 Å². The molecule has 6 rings (SSSR count). The minimum absolute atomic E-state index is 0.0125. The van der Waals surface area contributed by atoms with Crippen LogP contribution in [-0.2, 0) is 19.0 Å². The van der Waals surface area contributed by atoms with E-state index in [2.05, 4.69) is 22.0 Å². The minimum Gasteiger partial charge on any atom is -0.473 e. The number of ketones is 1. The molecule has 1 amide bonds. The molecule has 3 aliphatic heterocycles. The van der Waals surface area contributed by atoms with Gasteiger partial charge in [-0.15, -0.1) is 0 Å². The van der Waals surface area contributed by atoms with Crippen LogP contribution in [0.1, 0.15) is 91.3 Å². The van der Waals surface area contributed by atoms with Crippen molar-refractivity contribution in [2.45, 2.75) is 109 Å². The van der Waals surface area contributed by atoms with Gasteiger partial charge in [-0.2, -0.15) is 4.98 Å². The Morgan fingerprint density at radius 2 is 1.72 bits per heavy atom. The van der Waals surface area contributed by atoms with E-state index in [1.54, 1.807) is 4.90 Å². The molecule has 1 unspecified atom stereocenters. The number of carbonyl (C=O) groups is 2. The lowest BCUT2D eigenvalue weighted by Crippen LogP contribution is -2.60. The number of aromatic nitrogens is 2. The van der Waals surface area contributed by atoms with Gasteiger partial charge in [-0.25, -0.2) is 9.78 Å². The van der Waals surface area contributed by atoms with Crippen LogP contribution >= 0.6 is 0 Å². The highest BCUT2D eigenvalue weighted by Crippen LogP contribution is 2.56. The van der Waals surface area contributed by atoms with Crippen LogP contribution in [-0.4, -0.2) is 119 Å². The van der Waals surface area contributed by atoms with E-state index in [0.717, 1.165) is 38.6 Å². The summed E-state index contributed by atoms with van der Waals surface area (Å²) in [6.07, 6.45) is 6.88. The number of amides is 1. The Hall–Kier alpha value is -3.03. The van der Waals surface area contributed by atoms with E-state index in [1.807, 2.05) is 33.8 Å². The maximum Gasteiger partial charge on any atom is 0.410 e. The summed E-state index contributed by atoms with van der Waals surface area (Å²) in [6, 6.07) is 2.06. The summed E-state index contributed by atoms with van der Waals surface area (Å²) in [6.45, 7) is 11.5. The Bertz CT molecular complexity index is 1330. The molecule has 2 spiro atoms. The van der Waals surface area contributed by atoms with Gasteiger partial charge in [0.25, 0.3) is 0 Å². The van der Waals surface area contributed by atoms with Crippen molar-refractivity contribution in [3.8, 4) is 5.88 Å². The number of hydrogen-bond donors (Lipinski definition) is 1. The van der Waals surface area contributed by atoms with Crippen molar-refractivity contribution < 1.29 is 33.7 Å². The molecule has 3 saturated heterocycles. The molecule has 13 heteroatoms. The molecule has 2 saturated carbocycles. The standard InChI is InChI=1S/C34H52N6O7/c1-23(25-11-9-15-38(25)5)46-27-22-26(39-16-18-40(19-17-39)31(42)47-32(2,3)4)35-30(36-27)28(37-43)24-10-8-13-33(29(24)41)12-6-7-14-34(33)44-20-21-45-34/h22-25,43H,6-21H2,1-5H3/b37-28+/t23-,24?,25-,33-/m0/s1. The lowest BCUT2D eigenvalue weighted by Gasteiger charge is -2.52. The third-order valence-electron chi connectivity index (χ3n) is 10.8. The number of anilines is 1. The highest BCUT2D eigenvalue weighted by molar-refractivity contribution is 6.14. The number of fused-ring (bicyclic) bond motifs is 1. The molecule has 13 nitrogen and oxygen atoms in total. The number of oxime groups is 1. The smallest absolute Gasteiger partial charge is 0.410 e. The molecular weight excluding hydrogens is 604 g/mol. The van der Waals surface area contributed by atoms with E-state index in [0.29, 0.717) is 76.8 Å². The first kappa shape index (κ1) is 33.9. The van der Waals surface area contributed by atoms with Gasteiger partial charge in [0.1, 0.15) is 23.2 Å². The Labute approximate surface area is 277 Å². The van der Waals surface area contributed by atoms with Crippen molar-refractivity contribution >= 4 is 23.4 Å². The maximum atomic E-state index is 14.6. The number of likely N-dealkylation sites (tertiary alicyclic amines) is 1. The first-order valence-corrected chi connectivity index (χ1v) is 17.5. The molecular formula is C34H52N6O7. The highest BCUT2D eigenvalue weighted by Gasteiger charge is 2.63. The molecule has 0 radical (unpaired) electrons. The zero-order valence-electron chi connectivity index (χ0n) is 28.7. The van der Waals surface area contributed by atoms with Gasteiger partial charge < -0.3 is 34.0 Å². The number of Topliss-reactive ketones (excluding diaryl/α,β-unsaturated/α-hetero) is 1. The molecule has 5 fully saturated rings. The van der Waals surface area contributed by atoms with E-state index >= 15 is 0 Å². The molecule has 0 bridgehead atoms. The Kier molecular flexibility index (Phi) is 9.70. The average molecular weight is 657 g/mol. The average Bonchev–Trinajstić information content (AvgIpc) is 3.70. The van der Waals surface area contributed by atoms with Gasteiger partial charge in [0.2, 0.25) is 5.88 Å². The monoisotopic (exact) mass is 656 g/mol. The fourth-order valence-corrected chi connectivity index (χ4v) is 8.44. The van der Waals surface area contributed by atoms with Crippen molar-refractivity contribution in [1.29, 1.82) is 0 Å².